The summed E-state index contributed by atoms with van der Waals surface area (Å²) in [4.78, 5) is 30.2. The fourth-order valence-corrected chi connectivity index (χ4v) is 3.88. The maximum atomic E-state index is 12.6. The molecule has 3 heterocycles. The van der Waals surface area contributed by atoms with Crippen molar-refractivity contribution in [3.8, 4) is 17.1 Å². The Balaban J connectivity index is 1.61. The zero-order valence-corrected chi connectivity index (χ0v) is 17.5. The summed E-state index contributed by atoms with van der Waals surface area (Å²) >= 11 is 0. The molecule has 1 saturated heterocycles. The number of piperazine rings is 1. The SMILES string of the molecule is CC[C@@H]1CN(c2nc(-c3ccncn3)cc(=O)n2C)CCN1c1ccc(OC)cc1. The molecule has 1 atom stereocenters. The molecule has 0 amide bonds. The lowest BCUT2D eigenvalue weighted by Gasteiger charge is -2.43. The van der Waals surface area contributed by atoms with Crippen LogP contribution in [0.5, 0.6) is 5.75 Å². The number of methoxy groups -OCH3 is 1. The van der Waals surface area contributed by atoms with Crippen LogP contribution in [0.4, 0.5) is 11.6 Å². The number of rotatable bonds is 5. The second-order valence-electron chi connectivity index (χ2n) is 7.33. The fourth-order valence-electron chi connectivity index (χ4n) is 3.88. The van der Waals surface area contributed by atoms with E-state index < -0.39 is 0 Å². The van der Waals surface area contributed by atoms with E-state index in [1.54, 1.807) is 31.0 Å². The number of hydrogen-bond donors (Lipinski definition) is 0. The first-order valence-electron chi connectivity index (χ1n) is 10.1. The summed E-state index contributed by atoms with van der Waals surface area (Å²) in [6, 6.07) is 11.8. The quantitative estimate of drug-likeness (QED) is 0.644. The molecule has 1 fully saturated rings. The topological polar surface area (TPSA) is 76.4 Å². The molecule has 0 bridgehead atoms. The van der Waals surface area contributed by atoms with E-state index in [0.29, 0.717) is 23.4 Å². The molecule has 0 saturated carbocycles. The molecule has 0 radical (unpaired) electrons. The van der Waals surface area contributed by atoms with Gasteiger partial charge in [-0.05, 0) is 36.8 Å². The zero-order chi connectivity index (χ0) is 21.1. The monoisotopic (exact) mass is 406 g/mol. The molecule has 0 unspecified atom stereocenters. The first kappa shape index (κ1) is 19.9. The molecule has 2 aromatic heterocycles. The Bertz CT molecular complexity index is 1050. The van der Waals surface area contributed by atoms with E-state index in [4.69, 9.17) is 9.72 Å². The predicted octanol–water partition coefficient (Wildman–Crippen LogP) is 2.35. The maximum absolute atomic E-state index is 12.6. The van der Waals surface area contributed by atoms with Crippen molar-refractivity contribution < 1.29 is 4.74 Å². The average molecular weight is 406 g/mol. The number of hydrogen-bond acceptors (Lipinski definition) is 7. The number of ether oxygens (including phenoxy) is 1. The van der Waals surface area contributed by atoms with Gasteiger partial charge in [0.1, 0.15) is 12.1 Å². The van der Waals surface area contributed by atoms with Crippen LogP contribution < -0.4 is 20.1 Å². The predicted molar refractivity (Wildman–Crippen MR) is 117 cm³/mol. The van der Waals surface area contributed by atoms with E-state index >= 15 is 0 Å². The summed E-state index contributed by atoms with van der Waals surface area (Å²) in [5.41, 5.74) is 2.30. The van der Waals surface area contributed by atoms with E-state index in [1.807, 2.05) is 12.1 Å². The van der Waals surface area contributed by atoms with Crippen LogP contribution in [-0.2, 0) is 7.05 Å². The van der Waals surface area contributed by atoms with Crippen LogP contribution in [0.25, 0.3) is 11.4 Å². The third-order valence-corrected chi connectivity index (χ3v) is 5.60. The highest BCUT2D eigenvalue weighted by molar-refractivity contribution is 5.56. The summed E-state index contributed by atoms with van der Waals surface area (Å²) < 4.78 is 6.89. The molecular weight excluding hydrogens is 380 g/mol. The molecule has 0 aliphatic carbocycles. The van der Waals surface area contributed by atoms with Crippen LogP contribution in [0.2, 0.25) is 0 Å². The highest BCUT2D eigenvalue weighted by Gasteiger charge is 2.28. The third kappa shape index (κ3) is 3.85. The van der Waals surface area contributed by atoms with Crippen LogP contribution in [0.1, 0.15) is 13.3 Å². The van der Waals surface area contributed by atoms with Crippen molar-refractivity contribution in [3.05, 3.63) is 59.3 Å². The third-order valence-electron chi connectivity index (χ3n) is 5.60. The lowest BCUT2D eigenvalue weighted by Crippen LogP contribution is -2.54. The summed E-state index contributed by atoms with van der Waals surface area (Å²) in [6.07, 6.45) is 4.11. The summed E-state index contributed by atoms with van der Waals surface area (Å²) in [7, 11) is 3.45. The van der Waals surface area contributed by atoms with Gasteiger partial charge in [-0.1, -0.05) is 6.92 Å². The second kappa shape index (κ2) is 8.52. The van der Waals surface area contributed by atoms with Gasteiger partial charge >= 0.3 is 0 Å². The number of aromatic nitrogens is 4. The number of benzene rings is 1. The van der Waals surface area contributed by atoms with E-state index in [2.05, 4.69) is 38.8 Å². The smallest absolute Gasteiger partial charge is 0.255 e. The van der Waals surface area contributed by atoms with Gasteiger partial charge in [0, 0.05) is 50.7 Å². The second-order valence-corrected chi connectivity index (χ2v) is 7.33. The zero-order valence-electron chi connectivity index (χ0n) is 17.5. The Labute approximate surface area is 175 Å². The van der Waals surface area contributed by atoms with Crippen molar-refractivity contribution in [3.63, 3.8) is 0 Å². The molecule has 8 nitrogen and oxygen atoms in total. The van der Waals surface area contributed by atoms with E-state index in [-0.39, 0.29) is 5.56 Å². The van der Waals surface area contributed by atoms with Crippen molar-refractivity contribution in [2.75, 3.05) is 36.5 Å². The van der Waals surface area contributed by atoms with Gasteiger partial charge in [-0.25, -0.2) is 15.0 Å². The average Bonchev–Trinajstić information content (AvgIpc) is 2.81. The van der Waals surface area contributed by atoms with Gasteiger partial charge in [0.15, 0.2) is 0 Å². The van der Waals surface area contributed by atoms with Crippen LogP contribution in [0.15, 0.2) is 53.7 Å². The van der Waals surface area contributed by atoms with Gasteiger partial charge in [-0.15, -0.1) is 0 Å². The van der Waals surface area contributed by atoms with E-state index in [9.17, 15) is 4.79 Å². The molecule has 1 aliphatic heterocycles. The van der Waals surface area contributed by atoms with Crippen LogP contribution in [0.3, 0.4) is 0 Å². The lowest BCUT2D eigenvalue weighted by atomic mass is 10.1. The van der Waals surface area contributed by atoms with Crippen molar-refractivity contribution in [2.24, 2.45) is 7.05 Å². The molecule has 8 heteroatoms. The summed E-state index contributed by atoms with van der Waals surface area (Å²) in [5.74, 6) is 1.52. The van der Waals surface area contributed by atoms with Gasteiger partial charge in [-0.3, -0.25) is 9.36 Å². The molecular formula is C22H26N6O2. The molecule has 0 spiro atoms. The van der Waals surface area contributed by atoms with Gasteiger partial charge in [0.05, 0.1) is 18.5 Å². The highest BCUT2D eigenvalue weighted by Crippen LogP contribution is 2.26. The van der Waals surface area contributed by atoms with Gasteiger partial charge < -0.3 is 14.5 Å². The molecule has 1 aliphatic rings. The Kier molecular flexibility index (Phi) is 5.65. The standard InChI is InChI=1S/C22H26N6O2/c1-4-16-14-27(11-12-28(16)17-5-7-18(30-3)8-6-17)22-25-20(13-21(29)26(22)2)19-9-10-23-15-24-19/h5-10,13,15-16H,4,11-12,14H2,1-3H3/t16-/m1/s1. The van der Waals surface area contributed by atoms with Crippen LogP contribution in [-0.4, -0.2) is 52.3 Å². The molecule has 30 heavy (non-hydrogen) atoms. The van der Waals surface area contributed by atoms with Crippen LogP contribution >= 0.6 is 0 Å². The van der Waals surface area contributed by atoms with Crippen molar-refractivity contribution in [2.45, 2.75) is 19.4 Å². The molecule has 1 aromatic carbocycles. The minimum Gasteiger partial charge on any atom is -0.497 e. The van der Waals surface area contributed by atoms with E-state index in [0.717, 1.165) is 31.8 Å². The molecule has 4 rings (SSSR count). The largest absolute Gasteiger partial charge is 0.497 e. The number of anilines is 2. The summed E-state index contributed by atoms with van der Waals surface area (Å²) in [6.45, 7) is 4.60. The first-order valence-corrected chi connectivity index (χ1v) is 10.1. The maximum Gasteiger partial charge on any atom is 0.255 e. The Morgan fingerprint density at radius 1 is 1.13 bits per heavy atom. The van der Waals surface area contributed by atoms with Crippen LogP contribution in [0, 0.1) is 0 Å². The number of nitrogens with zero attached hydrogens (tertiary/aromatic N) is 6. The van der Waals surface area contributed by atoms with Crippen molar-refractivity contribution in [1.82, 2.24) is 19.5 Å². The Morgan fingerprint density at radius 2 is 1.93 bits per heavy atom. The van der Waals surface area contributed by atoms with E-state index in [1.165, 1.54) is 18.1 Å². The lowest BCUT2D eigenvalue weighted by molar-refractivity contribution is 0.414. The first-order chi connectivity index (χ1) is 14.6. The van der Waals surface area contributed by atoms with Gasteiger partial charge in [0.2, 0.25) is 5.95 Å². The Morgan fingerprint density at radius 3 is 2.60 bits per heavy atom. The minimum absolute atomic E-state index is 0.0979. The molecule has 3 aromatic rings. The van der Waals surface area contributed by atoms with Gasteiger partial charge in [0.25, 0.3) is 5.56 Å². The van der Waals surface area contributed by atoms with Crippen molar-refractivity contribution in [1.29, 1.82) is 0 Å². The van der Waals surface area contributed by atoms with Crippen molar-refractivity contribution >= 4 is 11.6 Å². The normalized spacial score (nSPS) is 16.6. The summed E-state index contributed by atoms with van der Waals surface area (Å²) in [5, 5.41) is 0. The molecule has 0 N–H and O–H groups in total. The Hall–Kier alpha value is -3.42. The highest BCUT2D eigenvalue weighted by atomic mass is 16.5. The molecule has 156 valence electrons. The van der Waals surface area contributed by atoms with Gasteiger partial charge in [-0.2, -0.15) is 0 Å². The fraction of sp³-hybridized carbons (Fsp3) is 0.364. The minimum atomic E-state index is -0.0979.